The third-order valence-corrected chi connectivity index (χ3v) is 11.3. The molecular formula is C26H38N4O3Si. The molecule has 3 rings (SSSR count). The van der Waals surface area contributed by atoms with Gasteiger partial charge in [0.1, 0.15) is 0 Å². The van der Waals surface area contributed by atoms with Gasteiger partial charge < -0.3 is 14.1 Å². The van der Waals surface area contributed by atoms with E-state index in [9.17, 15) is 4.79 Å². The van der Waals surface area contributed by atoms with E-state index in [0.29, 0.717) is 31.2 Å². The first-order valence-corrected chi connectivity index (χ1v) is 15.1. The van der Waals surface area contributed by atoms with E-state index in [0.717, 1.165) is 50.2 Å². The molecule has 0 spiro atoms. The van der Waals surface area contributed by atoms with Gasteiger partial charge in [-0.2, -0.15) is 5.26 Å². The second kappa shape index (κ2) is 11.3. The molecule has 0 N–H and O–H groups in total. The SMILES string of the molecule is CC(C)(C)[Si](C)(C)OCCCc1cn(-c2ccc(C#N)cc2)c(=O)c(N2CCCOCCC2)n1. The van der Waals surface area contributed by atoms with Gasteiger partial charge in [-0.1, -0.05) is 20.8 Å². The van der Waals surface area contributed by atoms with Crippen LogP contribution in [0.25, 0.3) is 5.69 Å². The first-order chi connectivity index (χ1) is 16.1. The van der Waals surface area contributed by atoms with Gasteiger partial charge in [-0.15, -0.1) is 0 Å². The molecule has 184 valence electrons. The molecule has 0 aliphatic carbocycles. The number of aromatic nitrogens is 2. The standard InChI is InChI=1S/C26H38N4O3Si/c1-26(2,3)34(4,5)33-18-6-9-22-20-30(23-12-10-21(19-27)11-13-23)25(31)24(28-22)29-14-7-16-32-17-8-15-29/h10-13,20H,6-9,14-18H2,1-5H3. The molecule has 0 amide bonds. The van der Waals surface area contributed by atoms with Gasteiger partial charge in [0.25, 0.3) is 5.56 Å². The molecule has 0 saturated carbocycles. The Kier molecular flexibility index (Phi) is 8.69. The summed E-state index contributed by atoms with van der Waals surface area (Å²) in [5.41, 5.74) is 2.04. The van der Waals surface area contributed by atoms with Gasteiger partial charge in [0.05, 0.1) is 17.3 Å². The van der Waals surface area contributed by atoms with Crippen LogP contribution in [0.2, 0.25) is 18.1 Å². The minimum atomic E-state index is -1.79. The van der Waals surface area contributed by atoms with Crippen LogP contribution in [-0.4, -0.2) is 50.8 Å². The monoisotopic (exact) mass is 482 g/mol. The highest BCUT2D eigenvalue weighted by Crippen LogP contribution is 2.36. The summed E-state index contributed by atoms with van der Waals surface area (Å²) < 4.78 is 13.6. The van der Waals surface area contributed by atoms with Crippen LogP contribution < -0.4 is 10.5 Å². The Morgan fingerprint density at radius 3 is 2.38 bits per heavy atom. The molecule has 1 aliphatic heterocycles. The highest BCUT2D eigenvalue weighted by Gasteiger charge is 2.36. The summed E-state index contributed by atoms with van der Waals surface area (Å²) in [4.78, 5) is 20.4. The van der Waals surface area contributed by atoms with E-state index in [-0.39, 0.29) is 10.6 Å². The van der Waals surface area contributed by atoms with E-state index < -0.39 is 8.32 Å². The Labute approximate surface area is 204 Å². The summed E-state index contributed by atoms with van der Waals surface area (Å²) in [6.07, 6.45) is 5.14. The molecule has 0 bridgehead atoms. The fourth-order valence-electron chi connectivity index (χ4n) is 3.68. The van der Waals surface area contributed by atoms with Crippen molar-refractivity contribution in [2.75, 3.05) is 37.8 Å². The summed E-state index contributed by atoms with van der Waals surface area (Å²) in [5.74, 6) is 0.495. The summed E-state index contributed by atoms with van der Waals surface area (Å²) in [5, 5.41) is 9.31. The second-order valence-electron chi connectivity index (χ2n) is 10.4. The fourth-order valence-corrected chi connectivity index (χ4v) is 4.77. The van der Waals surface area contributed by atoms with Crippen LogP contribution in [-0.2, 0) is 15.6 Å². The van der Waals surface area contributed by atoms with Crippen LogP contribution in [0.15, 0.2) is 35.3 Å². The number of ether oxygens (including phenoxy) is 1. The van der Waals surface area contributed by atoms with Gasteiger partial charge in [-0.3, -0.25) is 9.36 Å². The van der Waals surface area contributed by atoms with E-state index in [1.54, 1.807) is 16.7 Å². The number of aryl methyl sites for hydroxylation is 1. The van der Waals surface area contributed by atoms with Gasteiger partial charge in [-0.05, 0) is 68.1 Å². The molecule has 34 heavy (non-hydrogen) atoms. The first kappa shape index (κ1) is 26.1. The molecule has 2 aromatic rings. The lowest BCUT2D eigenvalue weighted by Crippen LogP contribution is -2.41. The number of hydrogen-bond donors (Lipinski definition) is 0. The predicted molar refractivity (Wildman–Crippen MR) is 138 cm³/mol. The van der Waals surface area contributed by atoms with Crippen LogP contribution in [0.1, 0.15) is 51.3 Å². The quantitative estimate of drug-likeness (QED) is 0.421. The second-order valence-corrected chi connectivity index (χ2v) is 15.2. The number of nitrogens with zero attached hydrogens (tertiary/aromatic N) is 4. The average molecular weight is 483 g/mol. The molecule has 1 aromatic carbocycles. The molecule has 8 heteroatoms. The van der Waals surface area contributed by atoms with Crippen LogP contribution >= 0.6 is 0 Å². The summed E-state index contributed by atoms with van der Waals surface area (Å²) in [6.45, 7) is 14.8. The Hall–Kier alpha value is -2.47. The Bertz CT molecular complexity index is 1040. The molecule has 7 nitrogen and oxygen atoms in total. The lowest BCUT2D eigenvalue weighted by atomic mass is 10.2. The molecule has 1 aromatic heterocycles. The third-order valence-electron chi connectivity index (χ3n) is 6.79. The maximum absolute atomic E-state index is 13.5. The Morgan fingerprint density at radius 1 is 1.15 bits per heavy atom. The van der Waals surface area contributed by atoms with Crippen molar-refractivity contribution in [1.29, 1.82) is 5.26 Å². The normalized spacial score (nSPS) is 15.5. The number of nitriles is 1. The van der Waals surface area contributed by atoms with Gasteiger partial charge in [-0.25, -0.2) is 4.98 Å². The first-order valence-electron chi connectivity index (χ1n) is 12.2. The van der Waals surface area contributed by atoms with Gasteiger partial charge >= 0.3 is 0 Å². The number of benzene rings is 1. The summed E-state index contributed by atoms with van der Waals surface area (Å²) in [6, 6.07) is 9.24. The van der Waals surface area contributed by atoms with Crippen LogP contribution in [0.5, 0.6) is 0 Å². The van der Waals surface area contributed by atoms with E-state index in [1.165, 1.54) is 0 Å². The van der Waals surface area contributed by atoms with E-state index in [4.69, 9.17) is 19.4 Å². The van der Waals surface area contributed by atoms with Crippen molar-refractivity contribution in [3.8, 4) is 11.8 Å². The third kappa shape index (κ3) is 6.56. The smallest absolute Gasteiger partial charge is 0.298 e. The minimum absolute atomic E-state index is 0.132. The predicted octanol–water partition coefficient (Wildman–Crippen LogP) is 4.68. The maximum Gasteiger partial charge on any atom is 0.298 e. The molecule has 2 heterocycles. The lowest BCUT2D eigenvalue weighted by Gasteiger charge is -2.36. The highest BCUT2D eigenvalue weighted by atomic mass is 28.4. The zero-order chi connectivity index (χ0) is 24.8. The number of hydrogen-bond acceptors (Lipinski definition) is 6. The van der Waals surface area contributed by atoms with Crippen molar-refractivity contribution in [3.63, 3.8) is 0 Å². The van der Waals surface area contributed by atoms with E-state index in [1.807, 2.05) is 18.3 Å². The number of rotatable bonds is 7. The van der Waals surface area contributed by atoms with Crippen molar-refractivity contribution in [3.05, 3.63) is 52.1 Å². The van der Waals surface area contributed by atoms with Crippen LogP contribution in [0, 0.1) is 11.3 Å². The van der Waals surface area contributed by atoms with Gasteiger partial charge in [0.2, 0.25) is 0 Å². The zero-order valence-corrected chi connectivity index (χ0v) is 22.3. The molecule has 1 saturated heterocycles. The maximum atomic E-state index is 13.5. The molecule has 0 radical (unpaired) electrons. The Morgan fingerprint density at radius 2 is 1.79 bits per heavy atom. The van der Waals surface area contributed by atoms with Crippen molar-refractivity contribution in [1.82, 2.24) is 9.55 Å². The van der Waals surface area contributed by atoms with Crippen molar-refractivity contribution in [2.45, 2.75) is 64.6 Å². The molecule has 1 fully saturated rings. The molecule has 1 aliphatic rings. The molecular weight excluding hydrogens is 444 g/mol. The molecule has 0 unspecified atom stereocenters. The van der Waals surface area contributed by atoms with Crippen LogP contribution in [0.4, 0.5) is 5.82 Å². The van der Waals surface area contributed by atoms with Crippen LogP contribution in [0.3, 0.4) is 0 Å². The van der Waals surface area contributed by atoms with Crippen molar-refractivity contribution >= 4 is 14.1 Å². The van der Waals surface area contributed by atoms with E-state index >= 15 is 0 Å². The molecule has 0 atom stereocenters. The zero-order valence-electron chi connectivity index (χ0n) is 21.3. The van der Waals surface area contributed by atoms with Crippen molar-refractivity contribution in [2.24, 2.45) is 0 Å². The van der Waals surface area contributed by atoms with Gasteiger partial charge in [0, 0.05) is 44.8 Å². The number of anilines is 1. The average Bonchev–Trinajstić information content (AvgIpc) is 2.77. The largest absolute Gasteiger partial charge is 0.417 e. The lowest BCUT2D eigenvalue weighted by molar-refractivity contribution is 0.124. The fraction of sp³-hybridized carbons (Fsp3) is 0.577. The highest BCUT2D eigenvalue weighted by molar-refractivity contribution is 6.74. The Balaban J connectivity index is 1.87. The topological polar surface area (TPSA) is 80.4 Å². The van der Waals surface area contributed by atoms with E-state index in [2.05, 4.69) is 44.8 Å². The summed E-state index contributed by atoms with van der Waals surface area (Å²) in [7, 11) is -1.79. The minimum Gasteiger partial charge on any atom is -0.417 e. The summed E-state index contributed by atoms with van der Waals surface area (Å²) >= 11 is 0. The van der Waals surface area contributed by atoms with Gasteiger partial charge in [0.15, 0.2) is 14.1 Å². The van der Waals surface area contributed by atoms with Crippen molar-refractivity contribution < 1.29 is 9.16 Å².